The van der Waals surface area contributed by atoms with E-state index < -0.39 is 10.1 Å². The number of unbranched alkanes of at least 4 members (excludes halogenated alkanes) is 2. The van der Waals surface area contributed by atoms with Crippen molar-refractivity contribution in [2.45, 2.75) is 77.0 Å². The molecule has 244 valence electrons. The van der Waals surface area contributed by atoms with Gasteiger partial charge >= 0.3 is 0 Å². The number of allylic oxidation sites excluding steroid dienone is 5. The second-order valence-corrected chi connectivity index (χ2v) is 15.5. The highest BCUT2D eigenvalue weighted by atomic mass is 32.2. The molecule has 6 nitrogen and oxygen atoms in total. The molecule has 0 saturated heterocycles. The fourth-order valence-electron chi connectivity index (χ4n) is 7.56. The first-order chi connectivity index (χ1) is 21.9. The van der Waals surface area contributed by atoms with Gasteiger partial charge in [0.05, 0.1) is 17.7 Å². The van der Waals surface area contributed by atoms with Gasteiger partial charge in [-0.3, -0.25) is 4.55 Å². The number of benzene rings is 2. The van der Waals surface area contributed by atoms with Crippen molar-refractivity contribution < 1.29 is 17.5 Å². The Bertz CT molecular complexity index is 1760. The summed E-state index contributed by atoms with van der Waals surface area (Å²) in [4.78, 5) is 2.49. The first-order valence-electron chi connectivity index (χ1n) is 16.4. The van der Waals surface area contributed by atoms with Crippen molar-refractivity contribution in [3.05, 3.63) is 94.4 Å². The minimum Gasteiger partial charge on any atom is -0.374 e. The molecule has 2 aromatic carbocycles. The van der Waals surface area contributed by atoms with E-state index in [1.54, 1.807) is 0 Å². The topological polar surface area (TPSA) is 72.6 Å². The molecule has 2 N–H and O–H groups in total. The molecule has 0 aromatic heterocycles. The van der Waals surface area contributed by atoms with Crippen molar-refractivity contribution in [2.75, 3.05) is 36.0 Å². The number of anilines is 1. The maximum absolute atomic E-state index is 11.4. The van der Waals surface area contributed by atoms with Crippen LogP contribution in [0.2, 0.25) is 0 Å². The summed E-state index contributed by atoms with van der Waals surface area (Å²) >= 11 is 4.45. The molecule has 0 atom stereocenters. The monoisotopic (exact) mass is 658 g/mol. The molecule has 8 heteroatoms. The third-order valence-electron chi connectivity index (χ3n) is 9.72. The molecule has 2 heterocycles. The Morgan fingerprint density at radius 1 is 0.978 bits per heavy atom. The first kappa shape index (κ1) is 34.1. The lowest BCUT2D eigenvalue weighted by atomic mass is 9.78. The Hall–Kier alpha value is -3.25. The Kier molecular flexibility index (Phi) is 10.3. The highest BCUT2D eigenvalue weighted by Gasteiger charge is 2.48. The van der Waals surface area contributed by atoms with Gasteiger partial charge in [0.2, 0.25) is 5.69 Å². The van der Waals surface area contributed by atoms with E-state index in [-0.39, 0.29) is 16.6 Å². The van der Waals surface area contributed by atoms with Crippen LogP contribution in [0.5, 0.6) is 0 Å². The third-order valence-corrected chi connectivity index (χ3v) is 10.8. The molecule has 5 rings (SSSR count). The molecule has 2 aromatic rings. The maximum atomic E-state index is 11.4. The number of thiol groups is 1. The van der Waals surface area contributed by atoms with Crippen LogP contribution in [0.15, 0.2) is 83.2 Å². The van der Waals surface area contributed by atoms with Crippen LogP contribution in [0, 0.1) is 12.3 Å². The van der Waals surface area contributed by atoms with E-state index in [0.717, 1.165) is 49.4 Å². The van der Waals surface area contributed by atoms with Crippen molar-refractivity contribution in [2.24, 2.45) is 0 Å². The molecular weight excluding hydrogens is 611 g/mol. The molecular formula is C38H48N3O3S2+. The Morgan fingerprint density at radius 3 is 2.41 bits per heavy atom. The highest BCUT2D eigenvalue weighted by Crippen LogP contribution is 2.49. The average Bonchev–Trinajstić information content (AvgIpc) is 3.58. The summed E-state index contributed by atoms with van der Waals surface area (Å²) in [6, 6.07) is 17.2. The standard InChI is InChI=1S/C38H47N3O3S2/c1-6-23-39-35-28(20-22-34-37(2,3)30-15-7-9-17-32(30)40(34)24-11-13-26-45)19-21-29(35)36-38(4,5)31-16-8-10-18-33(31)41(36)25-12-14-27-46(42,43)44/h1,7-10,15-18,20,22H,11-14,19,21,23-27H2,2-5H3,(H2,42,43,44,45)/p+1/b28-20+,34-22-. The van der Waals surface area contributed by atoms with Gasteiger partial charge in [-0.1, -0.05) is 62.2 Å². The summed E-state index contributed by atoms with van der Waals surface area (Å²) in [7, 11) is -3.99. The zero-order valence-corrected chi connectivity index (χ0v) is 29.4. The van der Waals surface area contributed by atoms with E-state index in [1.807, 2.05) is 0 Å². The predicted molar refractivity (Wildman–Crippen MR) is 194 cm³/mol. The van der Waals surface area contributed by atoms with E-state index in [0.29, 0.717) is 25.9 Å². The van der Waals surface area contributed by atoms with Crippen LogP contribution < -0.4 is 10.2 Å². The molecule has 0 unspecified atom stereocenters. The second kappa shape index (κ2) is 13.9. The minimum atomic E-state index is -3.99. The van der Waals surface area contributed by atoms with Crippen LogP contribution in [-0.4, -0.2) is 54.4 Å². The smallest absolute Gasteiger partial charge is 0.264 e. The van der Waals surface area contributed by atoms with E-state index in [1.165, 1.54) is 39.4 Å². The summed E-state index contributed by atoms with van der Waals surface area (Å²) in [6.45, 7) is 11.2. The van der Waals surface area contributed by atoms with Crippen molar-refractivity contribution >= 4 is 39.8 Å². The second-order valence-electron chi connectivity index (χ2n) is 13.5. The van der Waals surface area contributed by atoms with Crippen LogP contribution in [0.25, 0.3) is 0 Å². The molecule has 3 aliphatic rings. The summed E-state index contributed by atoms with van der Waals surface area (Å²) in [5, 5.41) is 3.61. The van der Waals surface area contributed by atoms with Crippen LogP contribution in [0.3, 0.4) is 0 Å². The minimum absolute atomic E-state index is 0.130. The number of fused-ring (bicyclic) bond motifs is 2. The molecule has 0 saturated carbocycles. The molecule has 0 bridgehead atoms. The normalized spacial score (nSPS) is 20.1. The van der Waals surface area contributed by atoms with Crippen LogP contribution in [-0.2, 0) is 20.9 Å². The van der Waals surface area contributed by atoms with Gasteiger partial charge in [0.25, 0.3) is 10.1 Å². The molecule has 0 fully saturated rings. The lowest BCUT2D eigenvalue weighted by Crippen LogP contribution is -2.33. The quantitative estimate of drug-likeness (QED) is 0.0692. The van der Waals surface area contributed by atoms with Crippen molar-refractivity contribution in [1.82, 2.24) is 5.32 Å². The number of nitrogens with zero attached hydrogens (tertiary/aromatic N) is 2. The van der Waals surface area contributed by atoms with E-state index in [9.17, 15) is 13.0 Å². The van der Waals surface area contributed by atoms with Gasteiger partial charge < -0.3 is 10.2 Å². The van der Waals surface area contributed by atoms with E-state index >= 15 is 0 Å². The van der Waals surface area contributed by atoms with Crippen molar-refractivity contribution in [3.8, 4) is 12.3 Å². The van der Waals surface area contributed by atoms with E-state index in [2.05, 4.69) is 122 Å². The molecule has 1 aliphatic carbocycles. The van der Waals surface area contributed by atoms with Crippen molar-refractivity contribution in [3.63, 3.8) is 0 Å². The molecule has 0 amide bonds. The van der Waals surface area contributed by atoms with Gasteiger partial charge in [0, 0.05) is 52.7 Å². The van der Waals surface area contributed by atoms with Crippen LogP contribution in [0.4, 0.5) is 11.4 Å². The number of nitrogens with one attached hydrogen (secondary N) is 1. The highest BCUT2D eigenvalue weighted by molar-refractivity contribution is 7.85. The number of hydrogen-bond acceptors (Lipinski definition) is 5. The van der Waals surface area contributed by atoms with Crippen LogP contribution in [0.1, 0.15) is 77.3 Å². The van der Waals surface area contributed by atoms with E-state index in [4.69, 9.17) is 6.42 Å². The summed E-state index contributed by atoms with van der Waals surface area (Å²) in [6.07, 6.45) is 15.4. The predicted octanol–water partition coefficient (Wildman–Crippen LogP) is 7.32. The number of hydrogen-bond donors (Lipinski definition) is 3. The molecule has 0 spiro atoms. The molecule has 46 heavy (non-hydrogen) atoms. The summed E-state index contributed by atoms with van der Waals surface area (Å²) < 4.78 is 34.5. The lowest BCUT2D eigenvalue weighted by Gasteiger charge is -2.27. The average molecular weight is 659 g/mol. The third kappa shape index (κ3) is 6.74. The van der Waals surface area contributed by atoms with Crippen LogP contribution >= 0.6 is 12.6 Å². The zero-order valence-electron chi connectivity index (χ0n) is 27.6. The Morgan fingerprint density at radius 2 is 1.70 bits per heavy atom. The molecule has 0 radical (unpaired) electrons. The van der Waals surface area contributed by atoms with Gasteiger partial charge in [-0.2, -0.15) is 25.6 Å². The fourth-order valence-corrected chi connectivity index (χ4v) is 8.35. The van der Waals surface area contributed by atoms with Gasteiger partial charge in [-0.15, -0.1) is 6.42 Å². The number of terminal acetylenes is 1. The van der Waals surface area contributed by atoms with Gasteiger partial charge in [-0.25, -0.2) is 0 Å². The van der Waals surface area contributed by atoms with Gasteiger partial charge in [-0.05, 0) is 75.0 Å². The van der Waals surface area contributed by atoms with Gasteiger partial charge in [0.1, 0.15) is 6.54 Å². The largest absolute Gasteiger partial charge is 0.374 e. The summed E-state index contributed by atoms with van der Waals surface area (Å²) in [5.74, 6) is 3.44. The lowest BCUT2D eigenvalue weighted by molar-refractivity contribution is -0.438. The van der Waals surface area contributed by atoms with Crippen molar-refractivity contribution in [1.29, 1.82) is 0 Å². The SMILES string of the molecule is C#CCNC1=C(C2=[N+](CCCCS(=O)(=O)O)c3ccccc3C2(C)C)CC/C1=C\C=C1/N(CCCCS)c2ccccc2C1(C)C. The fraction of sp³-hybridized carbons (Fsp3) is 0.447. The maximum Gasteiger partial charge on any atom is 0.264 e. The van der Waals surface area contributed by atoms with Gasteiger partial charge in [0.15, 0.2) is 5.71 Å². The Balaban J connectivity index is 1.58. The first-order valence-corrected chi connectivity index (χ1v) is 18.7. The zero-order chi connectivity index (χ0) is 33.1. The summed E-state index contributed by atoms with van der Waals surface area (Å²) in [5.41, 5.74) is 10.8. The number of para-hydroxylation sites is 2. The molecule has 2 aliphatic heterocycles. The number of rotatable bonds is 13. The Labute approximate surface area is 281 Å².